The first-order chi connectivity index (χ1) is 8.94. The molecule has 1 heterocycles. The third-order valence-electron chi connectivity index (χ3n) is 4.21. The van der Waals surface area contributed by atoms with E-state index >= 15 is 0 Å². The summed E-state index contributed by atoms with van der Waals surface area (Å²) in [6.07, 6.45) is 1.88. The zero-order valence-corrected chi connectivity index (χ0v) is 13.4. The fourth-order valence-electron chi connectivity index (χ4n) is 2.61. The van der Waals surface area contributed by atoms with Crippen LogP contribution in [-0.4, -0.2) is 29.9 Å². The van der Waals surface area contributed by atoms with Crippen LogP contribution in [0, 0.1) is 5.41 Å². The maximum Gasteiger partial charge on any atom is 0.253 e. The van der Waals surface area contributed by atoms with Gasteiger partial charge in [0, 0.05) is 24.7 Å². The molecule has 112 valence electrons. The first kappa shape index (κ1) is 17.0. The Morgan fingerprint density at radius 1 is 1.35 bits per heavy atom. The summed E-state index contributed by atoms with van der Waals surface area (Å²) >= 11 is 0. The number of nitrogens with zero attached hydrogens (tertiary/aromatic N) is 1. The average Bonchev–Trinajstić information content (AvgIpc) is 2.41. The number of nitrogens with two attached hydrogens (primary N) is 1. The third kappa shape index (κ3) is 3.53. The van der Waals surface area contributed by atoms with Gasteiger partial charge in [0.1, 0.15) is 0 Å². The maximum atomic E-state index is 12.5. The summed E-state index contributed by atoms with van der Waals surface area (Å²) in [5.41, 5.74) is 8.15. The Morgan fingerprint density at radius 3 is 2.45 bits per heavy atom. The molecule has 1 saturated heterocycles. The first-order valence-electron chi connectivity index (χ1n) is 7.08. The molecule has 0 saturated carbocycles. The van der Waals surface area contributed by atoms with Crippen LogP contribution >= 0.6 is 12.4 Å². The highest BCUT2D eigenvalue weighted by Gasteiger charge is 2.35. The van der Waals surface area contributed by atoms with Crippen LogP contribution in [0.15, 0.2) is 24.3 Å². The predicted octanol–water partition coefficient (Wildman–Crippen LogP) is 2.87. The van der Waals surface area contributed by atoms with Gasteiger partial charge in [-0.1, -0.05) is 32.9 Å². The smallest absolute Gasteiger partial charge is 0.253 e. The van der Waals surface area contributed by atoms with Gasteiger partial charge in [-0.05, 0) is 36.0 Å². The predicted molar refractivity (Wildman–Crippen MR) is 85.3 cm³/mol. The Morgan fingerprint density at radius 2 is 1.95 bits per heavy atom. The second-order valence-corrected chi connectivity index (χ2v) is 6.16. The van der Waals surface area contributed by atoms with Crippen molar-refractivity contribution in [3.8, 4) is 0 Å². The molecule has 0 aliphatic carbocycles. The van der Waals surface area contributed by atoms with Gasteiger partial charge in [-0.3, -0.25) is 4.79 Å². The molecule has 20 heavy (non-hydrogen) atoms. The fraction of sp³-hybridized carbons (Fsp3) is 0.562. The third-order valence-corrected chi connectivity index (χ3v) is 4.21. The summed E-state index contributed by atoms with van der Waals surface area (Å²) < 4.78 is 0. The van der Waals surface area contributed by atoms with Crippen molar-refractivity contribution in [1.29, 1.82) is 0 Å². The van der Waals surface area contributed by atoms with Gasteiger partial charge in [0.2, 0.25) is 0 Å². The Kier molecular flexibility index (Phi) is 5.60. The quantitative estimate of drug-likeness (QED) is 0.912. The Balaban J connectivity index is 0.00000200. The molecule has 0 aromatic heterocycles. The summed E-state index contributed by atoms with van der Waals surface area (Å²) in [6, 6.07) is 8.12. The highest BCUT2D eigenvalue weighted by atomic mass is 35.5. The average molecular weight is 297 g/mol. The number of benzene rings is 1. The largest absolute Gasteiger partial charge is 0.338 e. The lowest BCUT2D eigenvalue weighted by molar-refractivity contribution is 0.0533. The summed E-state index contributed by atoms with van der Waals surface area (Å²) in [6.45, 7) is 7.89. The molecule has 0 bridgehead atoms. The normalized spacial score (nSPS) is 21.2. The van der Waals surface area contributed by atoms with Crippen LogP contribution in [0.4, 0.5) is 0 Å². The molecule has 1 aromatic rings. The van der Waals surface area contributed by atoms with E-state index in [1.54, 1.807) is 0 Å². The highest BCUT2D eigenvalue weighted by molar-refractivity contribution is 5.94. The zero-order chi connectivity index (χ0) is 14.0. The van der Waals surface area contributed by atoms with Gasteiger partial charge < -0.3 is 10.6 Å². The number of aryl methyl sites for hydroxylation is 1. The van der Waals surface area contributed by atoms with Gasteiger partial charge in [0.05, 0.1) is 0 Å². The zero-order valence-electron chi connectivity index (χ0n) is 12.6. The van der Waals surface area contributed by atoms with Gasteiger partial charge >= 0.3 is 0 Å². The molecule has 1 aromatic carbocycles. The van der Waals surface area contributed by atoms with Gasteiger partial charge in [-0.2, -0.15) is 0 Å². The fourth-order valence-corrected chi connectivity index (χ4v) is 2.61. The molecule has 1 amide bonds. The SMILES string of the molecule is CCc1ccc(C(=O)N2CCC(N)C(C)(C)C2)cc1.Cl. The van der Waals surface area contributed by atoms with Crippen molar-refractivity contribution in [1.82, 2.24) is 4.90 Å². The lowest BCUT2D eigenvalue weighted by Crippen LogP contribution is -2.53. The molecular formula is C16H25ClN2O. The standard InChI is InChI=1S/C16H24N2O.ClH/c1-4-12-5-7-13(8-6-12)15(19)18-10-9-14(17)16(2,3)11-18;/h5-8,14H,4,9-11,17H2,1-3H3;1H. The van der Waals surface area contributed by atoms with Gasteiger partial charge in [-0.15, -0.1) is 12.4 Å². The monoisotopic (exact) mass is 296 g/mol. The van der Waals surface area contributed by atoms with E-state index < -0.39 is 0 Å². The van der Waals surface area contributed by atoms with E-state index in [4.69, 9.17) is 5.73 Å². The van der Waals surface area contributed by atoms with E-state index in [0.29, 0.717) is 0 Å². The number of halogens is 1. The molecule has 1 aliphatic rings. The van der Waals surface area contributed by atoms with Crippen molar-refractivity contribution in [3.63, 3.8) is 0 Å². The van der Waals surface area contributed by atoms with Gasteiger partial charge in [-0.25, -0.2) is 0 Å². The van der Waals surface area contributed by atoms with E-state index in [1.165, 1.54) is 5.56 Å². The van der Waals surface area contributed by atoms with Crippen LogP contribution in [-0.2, 0) is 6.42 Å². The number of amides is 1. The Labute approximate surface area is 127 Å². The van der Waals surface area contributed by atoms with Gasteiger partial charge in [0.15, 0.2) is 0 Å². The van der Waals surface area contributed by atoms with Crippen molar-refractivity contribution in [2.24, 2.45) is 11.1 Å². The Hall–Kier alpha value is -1.06. The van der Waals surface area contributed by atoms with E-state index in [9.17, 15) is 4.79 Å². The summed E-state index contributed by atoms with van der Waals surface area (Å²) in [5, 5.41) is 0. The minimum absolute atomic E-state index is 0. The van der Waals surface area contributed by atoms with Crippen LogP contribution in [0.5, 0.6) is 0 Å². The molecule has 2 rings (SSSR count). The number of carbonyl (C=O) groups is 1. The second-order valence-electron chi connectivity index (χ2n) is 6.16. The topological polar surface area (TPSA) is 46.3 Å². The van der Waals surface area contributed by atoms with Crippen LogP contribution in [0.1, 0.15) is 43.1 Å². The van der Waals surface area contributed by atoms with E-state index in [2.05, 4.69) is 20.8 Å². The molecule has 1 fully saturated rings. The maximum absolute atomic E-state index is 12.5. The Bertz CT molecular complexity index is 456. The number of hydrogen-bond acceptors (Lipinski definition) is 2. The number of hydrogen-bond donors (Lipinski definition) is 1. The van der Waals surface area contributed by atoms with E-state index in [0.717, 1.165) is 31.5 Å². The minimum atomic E-state index is -0.00271. The number of rotatable bonds is 2. The molecular weight excluding hydrogens is 272 g/mol. The molecule has 1 unspecified atom stereocenters. The van der Waals surface area contributed by atoms with Crippen molar-refractivity contribution in [2.75, 3.05) is 13.1 Å². The van der Waals surface area contributed by atoms with Crippen molar-refractivity contribution >= 4 is 18.3 Å². The molecule has 1 aliphatic heterocycles. The molecule has 2 N–H and O–H groups in total. The summed E-state index contributed by atoms with van der Waals surface area (Å²) in [7, 11) is 0. The molecule has 3 nitrogen and oxygen atoms in total. The summed E-state index contributed by atoms with van der Waals surface area (Å²) in [5.74, 6) is 0.127. The molecule has 1 atom stereocenters. The molecule has 0 radical (unpaired) electrons. The number of carbonyl (C=O) groups excluding carboxylic acids is 1. The van der Waals surface area contributed by atoms with Gasteiger partial charge in [0.25, 0.3) is 5.91 Å². The van der Waals surface area contributed by atoms with Crippen molar-refractivity contribution in [3.05, 3.63) is 35.4 Å². The van der Waals surface area contributed by atoms with Crippen LogP contribution < -0.4 is 5.73 Å². The lowest BCUT2D eigenvalue weighted by atomic mass is 9.79. The van der Waals surface area contributed by atoms with E-state index in [-0.39, 0.29) is 29.8 Å². The summed E-state index contributed by atoms with van der Waals surface area (Å²) in [4.78, 5) is 14.4. The van der Waals surface area contributed by atoms with Crippen molar-refractivity contribution in [2.45, 2.75) is 39.7 Å². The number of piperidine rings is 1. The molecule has 4 heteroatoms. The number of likely N-dealkylation sites (tertiary alicyclic amines) is 1. The second kappa shape index (κ2) is 6.59. The van der Waals surface area contributed by atoms with Crippen molar-refractivity contribution < 1.29 is 4.79 Å². The lowest BCUT2D eigenvalue weighted by Gasteiger charge is -2.42. The first-order valence-corrected chi connectivity index (χ1v) is 7.08. The van der Waals surface area contributed by atoms with Crippen LogP contribution in [0.2, 0.25) is 0 Å². The van der Waals surface area contributed by atoms with Crippen LogP contribution in [0.3, 0.4) is 0 Å². The van der Waals surface area contributed by atoms with Crippen LogP contribution in [0.25, 0.3) is 0 Å². The highest BCUT2D eigenvalue weighted by Crippen LogP contribution is 2.28. The minimum Gasteiger partial charge on any atom is -0.338 e. The molecule has 0 spiro atoms. The van der Waals surface area contributed by atoms with E-state index in [1.807, 2.05) is 29.2 Å².